The fourth-order valence-corrected chi connectivity index (χ4v) is 3.83. The molecule has 1 amide bonds. The summed E-state index contributed by atoms with van der Waals surface area (Å²) in [5.74, 6) is -1.47. The highest BCUT2D eigenvalue weighted by molar-refractivity contribution is 9.10. The molecular weight excluding hydrogens is 458 g/mol. The lowest BCUT2D eigenvalue weighted by Gasteiger charge is -2.08. The third-order valence-electron chi connectivity index (χ3n) is 4.07. The van der Waals surface area contributed by atoms with Crippen LogP contribution in [0.5, 0.6) is 0 Å². The lowest BCUT2D eigenvalue weighted by molar-refractivity contribution is 0.0697. The first-order valence-corrected chi connectivity index (χ1v) is 10.0. The van der Waals surface area contributed by atoms with E-state index in [-0.39, 0.29) is 11.4 Å². The van der Waals surface area contributed by atoms with Crippen molar-refractivity contribution in [2.24, 2.45) is 0 Å². The molecule has 0 unspecified atom stereocenters. The van der Waals surface area contributed by atoms with Gasteiger partial charge in [-0.2, -0.15) is 0 Å². The van der Waals surface area contributed by atoms with Crippen LogP contribution in [0.1, 0.15) is 20.7 Å². The Balaban J connectivity index is 1.84. The van der Waals surface area contributed by atoms with Crippen LogP contribution in [0.2, 0.25) is 0 Å². The number of hydrogen-bond acceptors (Lipinski definition) is 6. The third kappa shape index (κ3) is 3.82. The molecule has 0 aliphatic rings. The van der Waals surface area contributed by atoms with Crippen molar-refractivity contribution < 1.29 is 19.2 Å². The molecule has 0 saturated heterocycles. The van der Waals surface area contributed by atoms with Gasteiger partial charge < -0.3 is 9.63 Å². The second kappa shape index (κ2) is 7.98. The Morgan fingerprint density at radius 1 is 1.14 bits per heavy atom. The zero-order valence-corrected chi connectivity index (χ0v) is 17.0. The van der Waals surface area contributed by atoms with Gasteiger partial charge in [-0.25, -0.2) is 9.78 Å². The van der Waals surface area contributed by atoms with Crippen LogP contribution in [-0.4, -0.2) is 27.1 Å². The maximum absolute atomic E-state index is 12.7. The summed E-state index contributed by atoms with van der Waals surface area (Å²) in [6.07, 6.45) is 1.61. The largest absolute Gasteiger partial charge is 0.478 e. The maximum Gasteiger partial charge on any atom is 0.336 e. The molecule has 0 radical (unpaired) electrons. The molecule has 9 heteroatoms. The van der Waals surface area contributed by atoms with Crippen LogP contribution < -0.4 is 5.32 Å². The number of thiazole rings is 1. The Hall–Kier alpha value is -3.30. The van der Waals surface area contributed by atoms with E-state index in [2.05, 4.69) is 31.4 Å². The summed E-state index contributed by atoms with van der Waals surface area (Å²) in [6.45, 7) is 0. The molecule has 7 nitrogen and oxygen atoms in total. The summed E-state index contributed by atoms with van der Waals surface area (Å²) in [7, 11) is 0. The Labute approximate surface area is 177 Å². The predicted molar refractivity (Wildman–Crippen MR) is 112 cm³/mol. The number of benzene rings is 2. The lowest BCUT2D eigenvalue weighted by atomic mass is 9.99. The van der Waals surface area contributed by atoms with Crippen molar-refractivity contribution in [1.29, 1.82) is 0 Å². The highest BCUT2D eigenvalue weighted by Crippen LogP contribution is 2.40. The van der Waals surface area contributed by atoms with Crippen molar-refractivity contribution in [2.75, 3.05) is 5.32 Å². The van der Waals surface area contributed by atoms with Gasteiger partial charge in [-0.15, -0.1) is 11.3 Å². The molecule has 4 aromatic rings. The van der Waals surface area contributed by atoms with E-state index >= 15 is 0 Å². The molecule has 4 rings (SSSR count). The molecule has 0 atom stereocenters. The standard InChI is InChI=1S/C20H12BrN3O4S/c21-12-5-3-4-11(10-12)17(25)23-18-15(13-6-1-2-7-14(13)20(26)27)16(24-28-18)19-22-8-9-29-19/h1-10H,(H,23,25)(H,26,27). The van der Waals surface area contributed by atoms with Crippen LogP contribution >= 0.6 is 27.3 Å². The summed E-state index contributed by atoms with van der Waals surface area (Å²) in [4.78, 5) is 28.7. The fourth-order valence-electron chi connectivity index (χ4n) is 2.80. The van der Waals surface area contributed by atoms with Crippen molar-refractivity contribution in [3.8, 4) is 21.8 Å². The number of carboxylic acids is 1. The van der Waals surface area contributed by atoms with Gasteiger partial charge in [-0.3, -0.25) is 10.1 Å². The first-order valence-electron chi connectivity index (χ1n) is 8.33. The number of nitrogens with zero attached hydrogens (tertiary/aromatic N) is 2. The molecule has 0 aliphatic carbocycles. The van der Waals surface area contributed by atoms with Gasteiger partial charge in [0.05, 0.1) is 11.1 Å². The van der Waals surface area contributed by atoms with Gasteiger partial charge in [0, 0.05) is 27.2 Å². The normalized spacial score (nSPS) is 10.7. The second-order valence-electron chi connectivity index (χ2n) is 5.89. The Morgan fingerprint density at radius 3 is 2.69 bits per heavy atom. The van der Waals surface area contributed by atoms with E-state index in [0.717, 1.165) is 4.47 Å². The second-order valence-corrected chi connectivity index (χ2v) is 7.70. The SMILES string of the molecule is O=C(Nc1onc(-c2nccs2)c1-c1ccccc1C(=O)O)c1cccc(Br)c1. The molecule has 0 aliphatic heterocycles. The molecule has 2 aromatic carbocycles. The number of carboxylic acid groups (broad SMARTS) is 1. The zero-order valence-electron chi connectivity index (χ0n) is 14.6. The smallest absolute Gasteiger partial charge is 0.336 e. The van der Waals surface area contributed by atoms with E-state index in [1.807, 2.05) is 0 Å². The van der Waals surface area contributed by atoms with Gasteiger partial charge >= 0.3 is 5.97 Å². The van der Waals surface area contributed by atoms with Crippen molar-refractivity contribution >= 4 is 45.0 Å². The topological polar surface area (TPSA) is 105 Å². The van der Waals surface area contributed by atoms with Gasteiger partial charge in [0.15, 0.2) is 5.69 Å². The van der Waals surface area contributed by atoms with Crippen LogP contribution in [-0.2, 0) is 0 Å². The minimum absolute atomic E-state index is 0.0499. The number of rotatable bonds is 5. The van der Waals surface area contributed by atoms with Crippen LogP contribution in [0.4, 0.5) is 5.88 Å². The third-order valence-corrected chi connectivity index (χ3v) is 5.34. The average molecular weight is 470 g/mol. The number of hydrogen-bond donors (Lipinski definition) is 2. The average Bonchev–Trinajstić information content (AvgIpc) is 3.37. The van der Waals surface area contributed by atoms with Crippen LogP contribution in [0.25, 0.3) is 21.8 Å². The highest BCUT2D eigenvalue weighted by atomic mass is 79.9. The van der Waals surface area contributed by atoms with E-state index in [1.165, 1.54) is 17.4 Å². The number of aromatic carboxylic acids is 1. The molecule has 0 spiro atoms. The van der Waals surface area contributed by atoms with Gasteiger partial charge in [-0.1, -0.05) is 45.4 Å². The summed E-state index contributed by atoms with van der Waals surface area (Å²) in [5, 5.41) is 18.7. The predicted octanol–water partition coefficient (Wildman–Crippen LogP) is 5.18. The van der Waals surface area contributed by atoms with Crippen molar-refractivity contribution in [3.05, 3.63) is 75.7 Å². The molecule has 144 valence electrons. The molecule has 0 bridgehead atoms. The molecule has 0 saturated carbocycles. The van der Waals surface area contributed by atoms with E-state index in [1.54, 1.807) is 54.0 Å². The number of carbonyl (C=O) groups excluding carboxylic acids is 1. The first kappa shape index (κ1) is 19.0. The van der Waals surface area contributed by atoms with Crippen molar-refractivity contribution in [1.82, 2.24) is 10.1 Å². The van der Waals surface area contributed by atoms with Gasteiger partial charge in [0.1, 0.15) is 5.01 Å². The number of halogens is 1. The fraction of sp³-hybridized carbons (Fsp3) is 0. The van der Waals surface area contributed by atoms with Crippen LogP contribution in [0.15, 0.2) is 69.1 Å². The summed E-state index contributed by atoms with van der Waals surface area (Å²) < 4.78 is 6.16. The molecule has 2 aromatic heterocycles. The monoisotopic (exact) mass is 469 g/mol. The summed E-state index contributed by atoms with van der Waals surface area (Å²) in [6, 6.07) is 13.3. The Bertz CT molecular complexity index is 1200. The van der Waals surface area contributed by atoms with Gasteiger partial charge in [-0.05, 0) is 24.3 Å². The minimum Gasteiger partial charge on any atom is -0.478 e. The number of anilines is 1. The zero-order chi connectivity index (χ0) is 20.4. The summed E-state index contributed by atoms with van der Waals surface area (Å²) >= 11 is 4.66. The van der Waals surface area contributed by atoms with Crippen LogP contribution in [0, 0.1) is 0 Å². The first-order chi connectivity index (χ1) is 14.0. The van der Waals surface area contributed by atoms with Crippen molar-refractivity contribution in [3.63, 3.8) is 0 Å². The lowest BCUT2D eigenvalue weighted by Crippen LogP contribution is -2.12. The highest BCUT2D eigenvalue weighted by Gasteiger charge is 2.26. The van der Waals surface area contributed by atoms with Gasteiger partial charge in [0.2, 0.25) is 5.88 Å². The number of aromatic nitrogens is 2. The maximum atomic E-state index is 12.7. The summed E-state index contributed by atoms with van der Waals surface area (Å²) in [5.41, 5.74) is 1.56. The number of amides is 1. The molecule has 2 N–H and O–H groups in total. The number of carbonyl (C=O) groups is 2. The van der Waals surface area contributed by atoms with Crippen LogP contribution in [0.3, 0.4) is 0 Å². The minimum atomic E-state index is -1.10. The Kier molecular flexibility index (Phi) is 5.24. The quantitative estimate of drug-likeness (QED) is 0.417. The van der Waals surface area contributed by atoms with E-state index in [4.69, 9.17) is 4.52 Å². The Morgan fingerprint density at radius 2 is 1.97 bits per heavy atom. The number of nitrogens with one attached hydrogen (secondary N) is 1. The van der Waals surface area contributed by atoms with E-state index < -0.39 is 11.9 Å². The molecule has 29 heavy (non-hydrogen) atoms. The van der Waals surface area contributed by atoms with Gasteiger partial charge in [0.25, 0.3) is 5.91 Å². The molecule has 2 heterocycles. The molecule has 0 fully saturated rings. The molecular formula is C20H12BrN3O4S. The van der Waals surface area contributed by atoms with E-state index in [0.29, 0.717) is 27.4 Å². The van der Waals surface area contributed by atoms with E-state index in [9.17, 15) is 14.7 Å². The van der Waals surface area contributed by atoms with Crippen molar-refractivity contribution in [2.45, 2.75) is 0 Å².